The molecule has 25 heavy (non-hydrogen) atoms. The molecule has 0 spiro atoms. The van der Waals surface area contributed by atoms with Crippen molar-refractivity contribution < 1.29 is 9.47 Å². The second kappa shape index (κ2) is 9.21. The van der Waals surface area contributed by atoms with Gasteiger partial charge in [-0.25, -0.2) is 0 Å². The SMILES string of the molecule is CC.c1ccc2c(C3CCNCC3)ccc(OC3CCOCC3)c2c1. The first-order valence-electron chi connectivity index (χ1n) is 9.88. The minimum absolute atomic E-state index is 0.289. The summed E-state index contributed by atoms with van der Waals surface area (Å²) in [6.07, 6.45) is 4.72. The Balaban J connectivity index is 0.000000880. The fraction of sp³-hybridized carbons (Fsp3) is 0.545. The van der Waals surface area contributed by atoms with Gasteiger partial charge in [-0.3, -0.25) is 0 Å². The van der Waals surface area contributed by atoms with E-state index in [1.807, 2.05) is 13.8 Å². The zero-order chi connectivity index (χ0) is 17.5. The lowest BCUT2D eigenvalue weighted by Crippen LogP contribution is -2.27. The molecule has 0 radical (unpaired) electrons. The lowest BCUT2D eigenvalue weighted by atomic mass is 9.87. The molecule has 0 amide bonds. The second-order valence-corrected chi connectivity index (χ2v) is 6.65. The maximum absolute atomic E-state index is 6.32. The van der Waals surface area contributed by atoms with Crippen LogP contribution in [0.3, 0.4) is 0 Å². The van der Waals surface area contributed by atoms with Gasteiger partial charge in [-0.15, -0.1) is 0 Å². The largest absolute Gasteiger partial charge is 0.490 e. The molecule has 0 aliphatic carbocycles. The monoisotopic (exact) mass is 341 g/mol. The van der Waals surface area contributed by atoms with Crippen molar-refractivity contribution in [3.05, 3.63) is 42.0 Å². The Bertz CT molecular complexity index is 658. The van der Waals surface area contributed by atoms with Gasteiger partial charge < -0.3 is 14.8 Å². The maximum atomic E-state index is 6.32. The number of piperidine rings is 1. The van der Waals surface area contributed by atoms with Crippen molar-refractivity contribution in [3.8, 4) is 5.75 Å². The number of benzene rings is 2. The van der Waals surface area contributed by atoms with E-state index in [2.05, 4.69) is 41.7 Å². The zero-order valence-corrected chi connectivity index (χ0v) is 15.6. The number of hydrogen-bond acceptors (Lipinski definition) is 3. The van der Waals surface area contributed by atoms with Crippen molar-refractivity contribution in [2.45, 2.75) is 51.6 Å². The van der Waals surface area contributed by atoms with Crippen LogP contribution in [0.4, 0.5) is 0 Å². The highest BCUT2D eigenvalue weighted by atomic mass is 16.5. The van der Waals surface area contributed by atoms with Crippen molar-refractivity contribution in [3.63, 3.8) is 0 Å². The normalized spacial score (nSPS) is 19.3. The van der Waals surface area contributed by atoms with Gasteiger partial charge in [0.05, 0.1) is 13.2 Å². The number of ether oxygens (including phenoxy) is 2. The van der Waals surface area contributed by atoms with Gasteiger partial charge in [0.2, 0.25) is 0 Å². The molecular weight excluding hydrogens is 310 g/mol. The van der Waals surface area contributed by atoms with Gasteiger partial charge in [-0.2, -0.15) is 0 Å². The molecule has 0 bridgehead atoms. The summed E-state index contributed by atoms with van der Waals surface area (Å²) in [6, 6.07) is 13.2. The quantitative estimate of drug-likeness (QED) is 0.862. The molecule has 2 aliphatic rings. The van der Waals surface area contributed by atoms with E-state index in [0.29, 0.717) is 5.92 Å². The molecule has 0 saturated carbocycles. The highest BCUT2D eigenvalue weighted by molar-refractivity contribution is 5.91. The molecular formula is C22H31NO2. The van der Waals surface area contributed by atoms with E-state index in [9.17, 15) is 0 Å². The van der Waals surface area contributed by atoms with E-state index in [1.54, 1.807) is 0 Å². The number of nitrogens with one attached hydrogen (secondary N) is 1. The Labute approximate surface area is 151 Å². The van der Waals surface area contributed by atoms with Crippen LogP contribution in [0.15, 0.2) is 36.4 Å². The maximum Gasteiger partial charge on any atom is 0.127 e. The molecule has 2 heterocycles. The van der Waals surface area contributed by atoms with Crippen LogP contribution in [0.25, 0.3) is 10.8 Å². The summed E-state index contributed by atoms with van der Waals surface area (Å²) in [5.74, 6) is 1.70. The van der Waals surface area contributed by atoms with E-state index < -0.39 is 0 Å². The first-order valence-corrected chi connectivity index (χ1v) is 9.88. The van der Waals surface area contributed by atoms with Gasteiger partial charge in [-0.05, 0) is 48.9 Å². The lowest BCUT2D eigenvalue weighted by Gasteiger charge is -2.27. The van der Waals surface area contributed by atoms with Crippen LogP contribution in [-0.2, 0) is 4.74 Å². The van der Waals surface area contributed by atoms with Crippen LogP contribution < -0.4 is 10.1 Å². The third kappa shape index (κ3) is 4.34. The van der Waals surface area contributed by atoms with Crippen molar-refractivity contribution in [1.29, 1.82) is 0 Å². The fourth-order valence-electron chi connectivity index (χ4n) is 3.86. The molecule has 4 rings (SSSR count). The summed E-state index contributed by atoms with van der Waals surface area (Å²) in [5, 5.41) is 6.09. The first kappa shape index (κ1) is 18.2. The highest BCUT2D eigenvalue weighted by Crippen LogP contribution is 2.36. The molecule has 0 aromatic heterocycles. The smallest absolute Gasteiger partial charge is 0.127 e. The minimum atomic E-state index is 0.289. The van der Waals surface area contributed by atoms with Crippen molar-refractivity contribution in [2.24, 2.45) is 0 Å². The molecule has 0 atom stereocenters. The van der Waals surface area contributed by atoms with E-state index in [4.69, 9.17) is 9.47 Å². The van der Waals surface area contributed by atoms with Gasteiger partial charge in [0, 0.05) is 18.2 Å². The molecule has 2 aromatic rings. The lowest BCUT2D eigenvalue weighted by molar-refractivity contribution is 0.0262. The molecule has 136 valence electrons. The van der Waals surface area contributed by atoms with Crippen molar-refractivity contribution in [1.82, 2.24) is 5.32 Å². The molecule has 3 nitrogen and oxygen atoms in total. The molecule has 0 unspecified atom stereocenters. The molecule has 2 fully saturated rings. The average Bonchev–Trinajstić information content (AvgIpc) is 2.71. The van der Waals surface area contributed by atoms with Gasteiger partial charge in [-0.1, -0.05) is 44.2 Å². The summed E-state index contributed by atoms with van der Waals surface area (Å²) >= 11 is 0. The molecule has 2 aromatic carbocycles. The van der Waals surface area contributed by atoms with Gasteiger partial charge in [0.1, 0.15) is 11.9 Å². The van der Waals surface area contributed by atoms with Crippen LogP contribution in [0.2, 0.25) is 0 Å². The molecule has 2 saturated heterocycles. The third-order valence-corrected chi connectivity index (χ3v) is 5.16. The Morgan fingerprint density at radius 1 is 0.880 bits per heavy atom. The van der Waals surface area contributed by atoms with Crippen LogP contribution in [-0.4, -0.2) is 32.4 Å². The number of hydrogen-bond donors (Lipinski definition) is 1. The zero-order valence-electron chi connectivity index (χ0n) is 15.6. The summed E-state index contributed by atoms with van der Waals surface area (Å²) in [6.45, 7) is 7.88. The number of fused-ring (bicyclic) bond motifs is 1. The van der Waals surface area contributed by atoms with E-state index in [1.165, 1.54) is 29.2 Å². The van der Waals surface area contributed by atoms with Crippen molar-refractivity contribution in [2.75, 3.05) is 26.3 Å². The minimum Gasteiger partial charge on any atom is -0.490 e. The fourth-order valence-corrected chi connectivity index (χ4v) is 3.86. The highest BCUT2D eigenvalue weighted by Gasteiger charge is 2.20. The summed E-state index contributed by atoms with van der Waals surface area (Å²) in [5.41, 5.74) is 1.49. The average molecular weight is 341 g/mol. The van der Waals surface area contributed by atoms with Crippen LogP contribution in [0.1, 0.15) is 51.0 Å². The predicted molar refractivity (Wildman–Crippen MR) is 105 cm³/mol. The van der Waals surface area contributed by atoms with Crippen LogP contribution in [0.5, 0.6) is 5.75 Å². The Morgan fingerprint density at radius 3 is 2.28 bits per heavy atom. The van der Waals surface area contributed by atoms with Crippen molar-refractivity contribution >= 4 is 10.8 Å². The van der Waals surface area contributed by atoms with Crippen LogP contribution in [0, 0.1) is 0 Å². The van der Waals surface area contributed by atoms with Gasteiger partial charge in [0.25, 0.3) is 0 Å². The van der Waals surface area contributed by atoms with E-state index in [0.717, 1.165) is 44.9 Å². The van der Waals surface area contributed by atoms with Gasteiger partial charge in [0.15, 0.2) is 0 Å². The Hall–Kier alpha value is -1.58. The number of rotatable bonds is 3. The van der Waals surface area contributed by atoms with E-state index in [-0.39, 0.29) is 6.10 Å². The first-order chi connectivity index (χ1) is 12.4. The van der Waals surface area contributed by atoms with Crippen LogP contribution >= 0.6 is 0 Å². The molecule has 1 N–H and O–H groups in total. The standard InChI is InChI=1S/C20H25NO2.C2H6/c1-2-4-19-18(3-1)17(15-7-11-21-12-8-15)5-6-20(19)23-16-9-13-22-14-10-16;1-2/h1-6,15-16,21H,7-14H2;1-2H3. The Kier molecular flexibility index (Phi) is 6.71. The summed E-state index contributed by atoms with van der Waals surface area (Å²) in [4.78, 5) is 0. The molecule has 3 heteroatoms. The second-order valence-electron chi connectivity index (χ2n) is 6.65. The Morgan fingerprint density at radius 2 is 1.56 bits per heavy atom. The van der Waals surface area contributed by atoms with E-state index >= 15 is 0 Å². The topological polar surface area (TPSA) is 30.5 Å². The predicted octanol–water partition coefficient (Wildman–Crippen LogP) is 4.89. The molecule has 2 aliphatic heterocycles. The van der Waals surface area contributed by atoms with Gasteiger partial charge >= 0.3 is 0 Å². The summed E-state index contributed by atoms with van der Waals surface area (Å²) < 4.78 is 11.8. The summed E-state index contributed by atoms with van der Waals surface area (Å²) in [7, 11) is 0. The third-order valence-electron chi connectivity index (χ3n) is 5.16.